The van der Waals surface area contributed by atoms with Gasteiger partial charge in [-0.25, -0.2) is 130 Å². The lowest BCUT2D eigenvalue weighted by molar-refractivity contribution is 0.100. The standard InChI is InChI=1S/C22H17F4NO3S.C21H21F4NO3S.2C18H15F4NO3S.C18H17F4NO3S/c1-14(28)17-9-7-16(8-10-17)13-27(12-15-5-3-2-4-6-15)31(29,30)19-11-18(23)20(24)22(26)21(19)25;1-13(27)15-9-7-14(8-10-15)12-26(16-5-3-2-4-6-16)30(28,29)18-11-17(22)19(23)21(25)20(18)24;1-10(24)12-4-2-11(3-5-12)9-23(13-6-7-13)27(25,26)15-8-14(19)16(20)18(22)17(15)21;1-10(24)12-4-2-11(3-5-12)9-23(13-6-7-13)27(25,26)18-16(21)14(19)8-15(20)17(18)22;1-10(2)23(9-12-4-6-13(7-5-12)11(3)24)27(25,26)15-8-14(19)16(20)18(22)17(15)21/h2-11H,12-13H2,1H3;7-11,16H,2-6,12H2,1H3;2*2-5,8,13H,6-7,9H2,1H3;4-8,10H,9H2,1-3H3. The van der Waals surface area contributed by atoms with E-state index in [1.807, 2.05) is 0 Å². The number of nitrogens with zero attached hydrogens (tertiary/aromatic N) is 5. The number of hydrogen-bond acceptors (Lipinski definition) is 15. The fourth-order valence-corrected chi connectivity index (χ4v) is 22.9. The lowest BCUT2D eigenvalue weighted by Gasteiger charge is -2.33. The molecular formula is C97H85F20N5O15S5. The average Bonchev–Trinajstić information content (AvgIpc) is 1.57. The zero-order valence-corrected chi connectivity index (χ0v) is 79.8. The van der Waals surface area contributed by atoms with E-state index in [-0.39, 0.29) is 98.5 Å². The van der Waals surface area contributed by atoms with Gasteiger partial charge in [0.2, 0.25) is 50.1 Å². The highest BCUT2D eigenvalue weighted by Crippen LogP contribution is 2.41. The molecule has 0 aliphatic heterocycles. The zero-order chi connectivity index (χ0) is 105. The van der Waals surface area contributed by atoms with Gasteiger partial charge in [-0.1, -0.05) is 171 Å². The van der Waals surface area contributed by atoms with Crippen molar-refractivity contribution < 1.29 is 154 Å². The van der Waals surface area contributed by atoms with Gasteiger partial charge >= 0.3 is 0 Å². The molecule has 3 fully saturated rings. The number of ketones is 5. The Balaban J connectivity index is 0.000000183. The molecule has 0 aromatic heterocycles. The second kappa shape index (κ2) is 46.5. The summed E-state index contributed by atoms with van der Waals surface area (Å²) in [5.74, 6) is -40.4. The van der Waals surface area contributed by atoms with Crippen molar-refractivity contribution in [3.8, 4) is 0 Å². The molecule has 11 aromatic rings. The third kappa shape index (κ3) is 26.3. The van der Waals surface area contributed by atoms with Crippen molar-refractivity contribution in [2.75, 3.05) is 0 Å². The van der Waals surface area contributed by atoms with E-state index >= 15 is 0 Å². The van der Waals surface area contributed by atoms with Crippen molar-refractivity contribution in [2.45, 2.75) is 194 Å². The normalized spacial score (nSPS) is 13.7. The Morgan fingerprint density at radius 3 is 0.754 bits per heavy atom. The van der Waals surface area contributed by atoms with Crippen LogP contribution in [-0.4, -0.2) is 117 Å². The smallest absolute Gasteiger partial charge is 0.249 e. The summed E-state index contributed by atoms with van der Waals surface area (Å²) >= 11 is 0. The fourth-order valence-electron chi connectivity index (χ4n) is 14.4. The van der Waals surface area contributed by atoms with Crippen molar-refractivity contribution in [2.24, 2.45) is 0 Å². The fraction of sp³-hybridized carbons (Fsp3) is 0.268. The first kappa shape index (κ1) is 112. The summed E-state index contributed by atoms with van der Waals surface area (Å²) < 4.78 is 407. The third-order valence-electron chi connectivity index (χ3n) is 22.5. The molecule has 14 rings (SSSR count). The predicted octanol–water partition coefficient (Wildman–Crippen LogP) is 21.4. The summed E-state index contributed by atoms with van der Waals surface area (Å²) in [4.78, 5) is 50.1. The van der Waals surface area contributed by atoms with Crippen molar-refractivity contribution in [3.05, 3.63) is 360 Å². The number of halogens is 20. The summed E-state index contributed by atoms with van der Waals surface area (Å²) in [6, 6.07) is 37.2. The van der Waals surface area contributed by atoms with Gasteiger partial charge in [-0.05, 0) is 120 Å². The van der Waals surface area contributed by atoms with Crippen LogP contribution in [0, 0.1) is 116 Å². The summed E-state index contributed by atoms with van der Waals surface area (Å²) in [7, 11) is -23.6. The zero-order valence-electron chi connectivity index (χ0n) is 75.7. The van der Waals surface area contributed by atoms with Gasteiger partial charge in [-0.3, -0.25) is 24.0 Å². The van der Waals surface area contributed by atoms with Crippen LogP contribution >= 0.6 is 0 Å². The quantitative estimate of drug-likeness (QED) is 0.0169. The second-order valence-electron chi connectivity index (χ2n) is 33.1. The maximum absolute atomic E-state index is 14.3. The molecule has 3 aliphatic carbocycles. The van der Waals surface area contributed by atoms with Crippen LogP contribution in [-0.2, 0) is 89.4 Å². The van der Waals surface area contributed by atoms with Crippen LogP contribution in [0.3, 0.4) is 0 Å². The molecule has 0 atom stereocenters. The lowest BCUT2D eigenvalue weighted by atomic mass is 9.95. The molecule has 20 nitrogen and oxygen atoms in total. The van der Waals surface area contributed by atoms with Crippen molar-refractivity contribution in [1.29, 1.82) is 0 Å². The molecule has 11 aromatic carbocycles. The Bertz CT molecular complexity index is 7040. The van der Waals surface area contributed by atoms with Crippen LogP contribution in [0.15, 0.2) is 206 Å². The Morgan fingerprint density at radius 1 is 0.254 bits per heavy atom. The number of sulfonamides is 5. The highest BCUT2D eigenvalue weighted by atomic mass is 32.2. The van der Waals surface area contributed by atoms with E-state index in [9.17, 15) is 154 Å². The lowest BCUT2D eigenvalue weighted by Crippen LogP contribution is -2.41. The van der Waals surface area contributed by atoms with Gasteiger partial charge in [-0.15, -0.1) is 0 Å². The number of benzene rings is 11. The van der Waals surface area contributed by atoms with E-state index in [0.29, 0.717) is 99.7 Å². The van der Waals surface area contributed by atoms with E-state index in [1.54, 1.807) is 66.7 Å². The Kier molecular flexibility index (Phi) is 36.7. The topological polar surface area (TPSA) is 272 Å². The Labute approximate surface area is 803 Å². The minimum absolute atomic E-state index is 0.0361. The molecule has 0 radical (unpaired) electrons. The number of carbonyl (C=O) groups is 5. The summed E-state index contributed by atoms with van der Waals surface area (Å²) in [5.41, 5.74) is 5.10. The van der Waals surface area contributed by atoms with Gasteiger partial charge in [0.1, 0.15) is 19.6 Å². The maximum Gasteiger partial charge on any atom is 0.249 e. The van der Waals surface area contributed by atoms with Crippen LogP contribution < -0.4 is 0 Å². The van der Waals surface area contributed by atoms with Crippen LogP contribution in [0.1, 0.15) is 191 Å². The van der Waals surface area contributed by atoms with Crippen LogP contribution in [0.2, 0.25) is 0 Å². The molecule has 0 amide bonds. The molecule has 3 aliphatic rings. The molecule has 0 N–H and O–H groups in total. The van der Waals surface area contributed by atoms with Gasteiger partial charge in [0.25, 0.3) is 0 Å². The van der Waals surface area contributed by atoms with Crippen molar-refractivity contribution in [3.63, 3.8) is 0 Å². The van der Waals surface area contributed by atoms with Crippen molar-refractivity contribution in [1.82, 2.24) is 21.5 Å². The maximum atomic E-state index is 14.3. The molecule has 3 saturated carbocycles. The Morgan fingerprint density at radius 2 is 0.486 bits per heavy atom. The Hall–Kier alpha value is -12.1. The summed E-state index contributed by atoms with van der Waals surface area (Å²) in [6.07, 6.45) is 5.42. The van der Waals surface area contributed by atoms with Gasteiger partial charge in [0.15, 0.2) is 150 Å². The van der Waals surface area contributed by atoms with E-state index in [2.05, 4.69) is 0 Å². The van der Waals surface area contributed by atoms with Gasteiger partial charge < -0.3 is 0 Å². The molecule has 45 heteroatoms. The van der Waals surface area contributed by atoms with Gasteiger partial charge in [-0.2, -0.15) is 21.5 Å². The SMILES string of the molecule is CC(=O)c1ccc(CN(C(C)C)S(=O)(=O)c2cc(F)c(F)c(F)c2F)cc1.CC(=O)c1ccc(CN(C2CC2)S(=O)(=O)c2c(F)c(F)cc(F)c2F)cc1.CC(=O)c1ccc(CN(C2CC2)S(=O)(=O)c2cc(F)c(F)c(F)c2F)cc1.CC(=O)c1ccc(CN(C2CCCCC2)S(=O)(=O)c2cc(F)c(F)c(F)c2F)cc1.CC(=O)c1ccc(CN(Cc2ccccc2)S(=O)(=O)c2cc(F)c(F)c(F)c2F)cc1. The number of Topliss-reactive ketones (excluding diaryl/α,β-unsaturated/α-hetero) is 5. The second-order valence-corrected chi connectivity index (χ2v) is 42.4. The molecule has 758 valence electrons. The van der Waals surface area contributed by atoms with Gasteiger partial charge in [0.05, 0.1) is 0 Å². The van der Waals surface area contributed by atoms with Crippen LogP contribution in [0.5, 0.6) is 0 Å². The highest BCUT2D eigenvalue weighted by molar-refractivity contribution is 7.90. The number of hydrogen-bond donors (Lipinski definition) is 0. The molecular weight excluding hydrogens is 2020 g/mol. The van der Waals surface area contributed by atoms with E-state index in [1.165, 1.54) is 133 Å². The first-order valence-corrected chi connectivity index (χ1v) is 49.9. The van der Waals surface area contributed by atoms with Gasteiger partial charge in [0, 0.05) is 122 Å². The molecule has 0 heterocycles. The summed E-state index contributed by atoms with van der Waals surface area (Å²) in [5, 5.41) is 0. The first-order valence-electron chi connectivity index (χ1n) is 42.7. The minimum Gasteiger partial charge on any atom is -0.295 e. The first-order chi connectivity index (χ1) is 66.4. The third-order valence-corrected chi connectivity index (χ3v) is 32.0. The number of rotatable bonds is 31. The predicted molar refractivity (Wildman–Crippen MR) is 475 cm³/mol. The molecule has 0 unspecified atom stereocenters. The molecule has 0 spiro atoms. The molecule has 0 bridgehead atoms. The average molecular weight is 2100 g/mol. The number of carbonyl (C=O) groups excluding carboxylic acids is 5. The van der Waals surface area contributed by atoms with Crippen LogP contribution in [0.25, 0.3) is 0 Å². The van der Waals surface area contributed by atoms with Crippen LogP contribution in [0.4, 0.5) is 87.8 Å². The van der Waals surface area contributed by atoms with E-state index in [4.69, 9.17) is 0 Å². The summed E-state index contributed by atoms with van der Waals surface area (Å²) in [6.45, 7) is 8.54. The minimum atomic E-state index is -4.83. The monoisotopic (exact) mass is 2100 g/mol. The largest absolute Gasteiger partial charge is 0.295 e. The highest BCUT2D eigenvalue weighted by Gasteiger charge is 2.45. The van der Waals surface area contributed by atoms with E-state index in [0.717, 1.165) is 40.8 Å². The molecule has 142 heavy (non-hydrogen) atoms. The van der Waals surface area contributed by atoms with E-state index < -0.39 is 215 Å². The van der Waals surface area contributed by atoms with Crippen molar-refractivity contribution >= 4 is 79.0 Å². The molecule has 0 saturated heterocycles.